The summed E-state index contributed by atoms with van der Waals surface area (Å²) < 4.78 is 0. The van der Waals surface area contributed by atoms with Crippen molar-refractivity contribution in [2.45, 2.75) is 77.0 Å². The van der Waals surface area contributed by atoms with E-state index in [1.165, 1.54) is 61.4 Å². The Morgan fingerprint density at radius 3 is 2.15 bits per heavy atom. The Hall–Kier alpha value is -2.32. The molecule has 0 aliphatic heterocycles. The molecule has 1 nitrogen and oxygen atoms in total. The molecule has 0 saturated heterocycles. The van der Waals surface area contributed by atoms with Gasteiger partial charge in [-0.2, -0.15) is 0 Å². The van der Waals surface area contributed by atoms with E-state index in [0.717, 1.165) is 34.4 Å². The van der Waals surface area contributed by atoms with E-state index in [1.807, 2.05) is 18.2 Å². The molecule has 1 unspecified atom stereocenters. The third-order valence-corrected chi connectivity index (χ3v) is 7.31. The highest BCUT2D eigenvalue weighted by Gasteiger charge is 2.14. The highest BCUT2D eigenvalue weighted by atomic mass is 32.2. The van der Waals surface area contributed by atoms with E-state index in [2.05, 4.69) is 75.4 Å². The average Bonchev–Trinajstić information content (AvgIpc) is 2.85. The number of thioether (sulfide) groups is 1. The first kappa shape index (κ1) is 25.3. The first-order valence-corrected chi connectivity index (χ1v) is 13.4. The van der Waals surface area contributed by atoms with Crippen LogP contribution in [-0.4, -0.2) is 5.12 Å². The second-order valence-electron chi connectivity index (χ2n) is 9.16. The molecule has 0 aliphatic rings. The maximum Gasteiger partial charge on any atom is 0.224 e. The molecular formula is C31H38OS. The molecule has 0 aromatic heterocycles. The van der Waals surface area contributed by atoms with E-state index < -0.39 is 0 Å². The van der Waals surface area contributed by atoms with Crippen LogP contribution in [0.25, 0.3) is 11.1 Å². The van der Waals surface area contributed by atoms with Gasteiger partial charge in [-0.25, -0.2) is 0 Å². The molecule has 0 radical (unpaired) electrons. The van der Waals surface area contributed by atoms with Gasteiger partial charge in [0.2, 0.25) is 5.12 Å². The Kier molecular flexibility index (Phi) is 10.3. The van der Waals surface area contributed by atoms with Crippen LogP contribution >= 0.6 is 11.8 Å². The molecule has 33 heavy (non-hydrogen) atoms. The molecular weight excluding hydrogens is 420 g/mol. The fraction of sp³-hybridized carbons (Fsp3) is 0.387. The molecule has 0 saturated carbocycles. The lowest BCUT2D eigenvalue weighted by Crippen LogP contribution is -1.98. The molecule has 0 amide bonds. The van der Waals surface area contributed by atoms with Gasteiger partial charge in [-0.3, -0.25) is 4.79 Å². The number of hydrogen-bond acceptors (Lipinski definition) is 2. The van der Waals surface area contributed by atoms with Crippen LogP contribution in [0.1, 0.15) is 80.8 Å². The van der Waals surface area contributed by atoms with Gasteiger partial charge in [0.25, 0.3) is 0 Å². The Balaban J connectivity index is 1.65. The smallest absolute Gasteiger partial charge is 0.224 e. The summed E-state index contributed by atoms with van der Waals surface area (Å²) in [5.74, 6) is 0.685. The van der Waals surface area contributed by atoms with Gasteiger partial charge >= 0.3 is 0 Å². The van der Waals surface area contributed by atoms with Crippen molar-refractivity contribution >= 4 is 16.9 Å². The number of benzene rings is 3. The lowest BCUT2D eigenvalue weighted by atomic mass is 9.98. The van der Waals surface area contributed by atoms with Crippen molar-refractivity contribution in [3.8, 4) is 11.1 Å². The van der Waals surface area contributed by atoms with Gasteiger partial charge in [-0.05, 0) is 77.4 Å². The highest BCUT2D eigenvalue weighted by Crippen LogP contribution is 2.30. The minimum Gasteiger partial charge on any atom is -0.281 e. The van der Waals surface area contributed by atoms with Crippen molar-refractivity contribution < 1.29 is 4.79 Å². The van der Waals surface area contributed by atoms with Gasteiger partial charge < -0.3 is 0 Å². The normalized spacial score (nSPS) is 12.0. The van der Waals surface area contributed by atoms with E-state index in [4.69, 9.17) is 0 Å². The van der Waals surface area contributed by atoms with Crippen LogP contribution in [0.5, 0.6) is 0 Å². The fourth-order valence-electron chi connectivity index (χ4n) is 4.10. The second-order valence-corrected chi connectivity index (χ2v) is 10.2. The van der Waals surface area contributed by atoms with Gasteiger partial charge in [0.05, 0.1) is 0 Å². The van der Waals surface area contributed by atoms with Crippen LogP contribution in [0, 0.1) is 5.92 Å². The van der Waals surface area contributed by atoms with Gasteiger partial charge in [0, 0.05) is 10.5 Å². The van der Waals surface area contributed by atoms with Gasteiger partial charge in [0.1, 0.15) is 0 Å². The molecule has 0 aliphatic carbocycles. The first-order chi connectivity index (χ1) is 16.1. The summed E-state index contributed by atoms with van der Waals surface area (Å²) in [6.07, 6.45) is 9.93. The molecule has 2 heteroatoms. The number of rotatable bonds is 12. The van der Waals surface area contributed by atoms with Crippen molar-refractivity contribution in [3.05, 3.63) is 89.5 Å². The highest BCUT2D eigenvalue weighted by molar-refractivity contribution is 8.14. The Labute approximate surface area is 205 Å². The molecule has 0 fully saturated rings. The largest absolute Gasteiger partial charge is 0.281 e. The predicted molar refractivity (Wildman–Crippen MR) is 144 cm³/mol. The zero-order chi connectivity index (χ0) is 23.5. The summed E-state index contributed by atoms with van der Waals surface area (Å²) in [4.78, 5) is 14.2. The number of unbranched alkanes of at least 4 members (excludes halogenated alkanes) is 4. The average molecular weight is 459 g/mol. The topological polar surface area (TPSA) is 17.1 Å². The minimum atomic E-state index is 0.0975. The van der Waals surface area contributed by atoms with Crippen molar-refractivity contribution in [2.75, 3.05) is 0 Å². The van der Waals surface area contributed by atoms with Crippen LogP contribution in [-0.2, 0) is 12.8 Å². The predicted octanol–water partition coefficient (Wildman–Crippen LogP) is 9.39. The third-order valence-electron chi connectivity index (χ3n) is 6.40. The fourth-order valence-corrected chi connectivity index (χ4v) is 4.87. The standard InChI is InChI=1S/C31H38OS/c1-4-6-7-8-9-12-25-15-19-27(20-16-25)29-13-10-11-14-30(29)31(32)33-28-21-17-26(18-22-28)23-24(3)5-2/h10-11,13-22,24H,4-9,12,23H2,1-3H3. The first-order valence-electron chi connectivity index (χ1n) is 12.6. The van der Waals surface area contributed by atoms with Crippen LogP contribution in [0.2, 0.25) is 0 Å². The maximum absolute atomic E-state index is 13.2. The second kappa shape index (κ2) is 13.4. The number of hydrogen-bond donors (Lipinski definition) is 0. The summed E-state index contributed by atoms with van der Waals surface area (Å²) in [5.41, 5.74) is 5.62. The Bertz CT molecular complexity index is 988. The number of carbonyl (C=O) groups excluding carboxylic acids is 1. The molecule has 1 atom stereocenters. The number of carbonyl (C=O) groups is 1. The van der Waals surface area contributed by atoms with E-state index in [1.54, 1.807) is 0 Å². The molecule has 3 aromatic carbocycles. The van der Waals surface area contributed by atoms with Crippen molar-refractivity contribution in [1.82, 2.24) is 0 Å². The van der Waals surface area contributed by atoms with Crippen LogP contribution in [0.4, 0.5) is 0 Å². The van der Waals surface area contributed by atoms with E-state index >= 15 is 0 Å². The molecule has 174 valence electrons. The van der Waals surface area contributed by atoms with E-state index in [9.17, 15) is 4.79 Å². The number of aryl methyl sites for hydroxylation is 1. The third kappa shape index (κ3) is 7.89. The molecule has 3 aromatic rings. The lowest BCUT2D eigenvalue weighted by Gasteiger charge is -2.11. The summed E-state index contributed by atoms with van der Waals surface area (Å²) in [6, 6.07) is 25.2. The molecule has 3 rings (SSSR count). The summed E-state index contributed by atoms with van der Waals surface area (Å²) in [6.45, 7) is 6.76. The van der Waals surface area contributed by atoms with Gasteiger partial charge in [-0.1, -0.05) is 107 Å². The van der Waals surface area contributed by atoms with E-state index in [-0.39, 0.29) is 5.12 Å². The van der Waals surface area contributed by atoms with Gasteiger partial charge in [-0.15, -0.1) is 0 Å². The molecule has 0 bridgehead atoms. The minimum absolute atomic E-state index is 0.0975. The molecule has 0 heterocycles. The van der Waals surface area contributed by atoms with Gasteiger partial charge in [0.15, 0.2) is 0 Å². The zero-order valence-electron chi connectivity index (χ0n) is 20.5. The maximum atomic E-state index is 13.2. The lowest BCUT2D eigenvalue weighted by molar-refractivity contribution is 0.108. The monoisotopic (exact) mass is 458 g/mol. The summed E-state index contributed by atoms with van der Waals surface area (Å²) >= 11 is 1.32. The van der Waals surface area contributed by atoms with Crippen LogP contribution < -0.4 is 0 Å². The Morgan fingerprint density at radius 2 is 1.45 bits per heavy atom. The van der Waals surface area contributed by atoms with Crippen LogP contribution in [0.15, 0.2) is 77.7 Å². The van der Waals surface area contributed by atoms with Crippen molar-refractivity contribution in [2.24, 2.45) is 5.92 Å². The molecule has 0 N–H and O–H groups in total. The van der Waals surface area contributed by atoms with Crippen LogP contribution in [0.3, 0.4) is 0 Å². The zero-order valence-corrected chi connectivity index (χ0v) is 21.3. The quantitative estimate of drug-likeness (QED) is 0.199. The van der Waals surface area contributed by atoms with E-state index in [0.29, 0.717) is 5.92 Å². The molecule has 0 spiro atoms. The SMILES string of the molecule is CCCCCCCc1ccc(-c2ccccc2C(=O)Sc2ccc(CC(C)CC)cc2)cc1. The summed E-state index contributed by atoms with van der Waals surface area (Å²) in [7, 11) is 0. The van der Waals surface area contributed by atoms with Crippen molar-refractivity contribution in [1.29, 1.82) is 0 Å². The van der Waals surface area contributed by atoms with Crippen molar-refractivity contribution in [3.63, 3.8) is 0 Å². The Morgan fingerprint density at radius 1 is 0.788 bits per heavy atom. The summed E-state index contributed by atoms with van der Waals surface area (Å²) in [5, 5.41) is 0.0975.